The lowest BCUT2D eigenvalue weighted by atomic mass is 9.81. The van der Waals surface area contributed by atoms with Crippen LogP contribution in [0.15, 0.2) is 12.4 Å². The first kappa shape index (κ1) is 12.6. The summed E-state index contributed by atoms with van der Waals surface area (Å²) in [7, 11) is 0. The number of nitrogens with zero attached hydrogens (tertiary/aromatic N) is 2. The van der Waals surface area contributed by atoms with E-state index >= 15 is 0 Å². The van der Waals surface area contributed by atoms with Gasteiger partial charge >= 0.3 is 0 Å². The van der Waals surface area contributed by atoms with Crippen LogP contribution in [0.4, 0.5) is 0 Å². The summed E-state index contributed by atoms with van der Waals surface area (Å²) in [5.74, 6) is 0.804. The van der Waals surface area contributed by atoms with E-state index in [0.717, 1.165) is 25.0 Å². The first-order valence-electron chi connectivity index (χ1n) is 7.08. The van der Waals surface area contributed by atoms with Gasteiger partial charge in [-0.25, -0.2) is 0 Å². The third-order valence-corrected chi connectivity index (χ3v) is 3.88. The van der Waals surface area contributed by atoms with Crippen molar-refractivity contribution in [2.45, 2.75) is 58.5 Å². The second-order valence-electron chi connectivity index (χ2n) is 5.12. The third-order valence-electron chi connectivity index (χ3n) is 3.88. The van der Waals surface area contributed by atoms with Gasteiger partial charge in [0.25, 0.3) is 0 Å². The van der Waals surface area contributed by atoms with Gasteiger partial charge in [0.05, 0.1) is 6.20 Å². The summed E-state index contributed by atoms with van der Waals surface area (Å²) in [6, 6.07) is 0.721. The molecule has 0 aromatic carbocycles. The zero-order valence-corrected chi connectivity index (χ0v) is 11.2. The fourth-order valence-electron chi connectivity index (χ4n) is 2.97. The predicted molar refractivity (Wildman–Crippen MR) is 71.0 cm³/mol. The van der Waals surface area contributed by atoms with E-state index in [1.54, 1.807) is 0 Å². The molecule has 0 bridgehead atoms. The lowest BCUT2D eigenvalue weighted by molar-refractivity contribution is 0.264. The summed E-state index contributed by atoms with van der Waals surface area (Å²) >= 11 is 0. The Balaban J connectivity index is 1.95. The maximum absolute atomic E-state index is 4.37. The van der Waals surface area contributed by atoms with E-state index in [2.05, 4.69) is 30.5 Å². The Kier molecular flexibility index (Phi) is 4.60. The van der Waals surface area contributed by atoms with Crippen molar-refractivity contribution in [1.82, 2.24) is 15.1 Å². The number of hydrogen-bond acceptors (Lipinski definition) is 2. The number of rotatable bonds is 5. The Morgan fingerprint density at radius 3 is 2.88 bits per heavy atom. The Morgan fingerprint density at radius 1 is 1.35 bits per heavy atom. The third kappa shape index (κ3) is 3.32. The van der Waals surface area contributed by atoms with Crippen LogP contribution in [-0.4, -0.2) is 22.4 Å². The molecular weight excluding hydrogens is 210 g/mol. The Bertz CT molecular complexity index is 330. The molecule has 3 nitrogen and oxygen atoms in total. The summed E-state index contributed by atoms with van der Waals surface area (Å²) in [5.41, 5.74) is 1.40. The quantitative estimate of drug-likeness (QED) is 0.850. The highest BCUT2D eigenvalue weighted by atomic mass is 15.3. The first-order valence-corrected chi connectivity index (χ1v) is 7.08. The smallest absolute Gasteiger partial charge is 0.0521 e. The van der Waals surface area contributed by atoms with Crippen LogP contribution < -0.4 is 5.32 Å². The molecule has 0 amide bonds. The molecule has 1 aliphatic carbocycles. The number of nitrogens with one attached hydrogen (secondary N) is 1. The van der Waals surface area contributed by atoms with Crippen LogP contribution in [0.1, 0.15) is 45.1 Å². The van der Waals surface area contributed by atoms with E-state index < -0.39 is 0 Å². The summed E-state index contributed by atoms with van der Waals surface area (Å²) in [6.45, 7) is 6.41. The second kappa shape index (κ2) is 6.20. The minimum Gasteiger partial charge on any atom is -0.314 e. The normalized spacial score (nSPS) is 25.1. The molecule has 0 spiro atoms. The minimum atomic E-state index is 0.721. The maximum atomic E-state index is 4.37. The Morgan fingerprint density at radius 2 is 2.18 bits per heavy atom. The van der Waals surface area contributed by atoms with E-state index in [4.69, 9.17) is 0 Å². The summed E-state index contributed by atoms with van der Waals surface area (Å²) in [6.07, 6.45) is 10.9. The molecule has 1 aromatic heterocycles. The van der Waals surface area contributed by atoms with Crippen LogP contribution in [0.5, 0.6) is 0 Å². The minimum absolute atomic E-state index is 0.721. The van der Waals surface area contributed by atoms with Gasteiger partial charge < -0.3 is 5.32 Å². The number of aromatic nitrogens is 2. The fraction of sp³-hybridized carbons (Fsp3) is 0.786. The van der Waals surface area contributed by atoms with Gasteiger partial charge in [-0.1, -0.05) is 19.8 Å². The van der Waals surface area contributed by atoms with Crippen molar-refractivity contribution in [3.8, 4) is 0 Å². The molecule has 0 saturated heterocycles. The van der Waals surface area contributed by atoms with Crippen LogP contribution >= 0.6 is 0 Å². The summed E-state index contributed by atoms with van der Waals surface area (Å²) in [5, 5.41) is 8.02. The lowest BCUT2D eigenvalue weighted by Gasteiger charge is -2.32. The van der Waals surface area contributed by atoms with Crippen LogP contribution in [0.3, 0.4) is 0 Å². The highest BCUT2D eigenvalue weighted by Gasteiger charge is 2.24. The molecule has 2 rings (SSSR count). The highest BCUT2D eigenvalue weighted by Crippen LogP contribution is 2.27. The largest absolute Gasteiger partial charge is 0.314 e. The second-order valence-corrected chi connectivity index (χ2v) is 5.12. The van der Waals surface area contributed by atoms with Crippen LogP contribution in [-0.2, 0) is 13.0 Å². The monoisotopic (exact) mass is 235 g/mol. The molecule has 17 heavy (non-hydrogen) atoms. The Hall–Kier alpha value is -0.830. The molecule has 2 atom stereocenters. The molecule has 2 unspecified atom stereocenters. The van der Waals surface area contributed by atoms with E-state index in [9.17, 15) is 0 Å². The topological polar surface area (TPSA) is 29.9 Å². The molecule has 1 heterocycles. The molecule has 0 radical (unpaired) electrons. The standard InChI is InChI=1S/C14H25N3/c1-3-15-14-8-6-5-7-13(14)9-12-10-16-17(4-2)11-12/h10-11,13-15H,3-9H2,1-2H3. The molecule has 1 saturated carbocycles. The van der Waals surface area contributed by atoms with Gasteiger partial charge in [-0.3, -0.25) is 4.68 Å². The van der Waals surface area contributed by atoms with Crippen molar-refractivity contribution < 1.29 is 0 Å². The van der Waals surface area contributed by atoms with Gasteiger partial charge in [0, 0.05) is 18.8 Å². The van der Waals surface area contributed by atoms with E-state index in [-0.39, 0.29) is 0 Å². The molecular formula is C14H25N3. The molecule has 3 heteroatoms. The SMILES string of the molecule is CCNC1CCCCC1Cc1cnn(CC)c1. The van der Waals surface area contributed by atoms with Crippen molar-refractivity contribution >= 4 is 0 Å². The average Bonchev–Trinajstić information content (AvgIpc) is 2.80. The van der Waals surface area contributed by atoms with Crippen LogP contribution in [0.25, 0.3) is 0 Å². The van der Waals surface area contributed by atoms with Crippen molar-refractivity contribution in [1.29, 1.82) is 0 Å². The number of aryl methyl sites for hydroxylation is 1. The Labute approximate surface area is 105 Å². The van der Waals surface area contributed by atoms with E-state index in [1.165, 1.54) is 37.7 Å². The summed E-state index contributed by atoms with van der Waals surface area (Å²) < 4.78 is 2.03. The van der Waals surface area contributed by atoms with Gasteiger partial charge in [-0.2, -0.15) is 5.10 Å². The number of hydrogen-bond donors (Lipinski definition) is 1. The van der Waals surface area contributed by atoms with Gasteiger partial charge in [0.15, 0.2) is 0 Å². The van der Waals surface area contributed by atoms with Crippen molar-refractivity contribution in [2.24, 2.45) is 5.92 Å². The highest BCUT2D eigenvalue weighted by molar-refractivity contribution is 5.06. The molecule has 0 aliphatic heterocycles. The predicted octanol–water partition coefficient (Wildman–Crippen LogP) is 2.61. The average molecular weight is 235 g/mol. The van der Waals surface area contributed by atoms with Gasteiger partial charge in [0.1, 0.15) is 0 Å². The molecule has 1 aliphatic rings. The fourth-order valence-corrected chi connectivity index (χ4v) is 2.97. The van der Waals surface area contributed by atoms with Crippen LogP contribution in [0.2, 0.25) is 0 Å². The van der Waals surface area contributed by atoms with Gasteiger partial charge in [-0.05, 0) is 44.2 Å². The molecule has 1 fully saturated rings. The van der Waals surface area contributed by atoms with Crippen LogP contribution in [0, 0.1) is 5.92 Å². The van der Waals surface area contributed by atoms with Gasteiger partial charge in [0.2, 0.25) is 0 Å². The zero-order chi connectivity index (χ0) is 12.1. The molecule has 1 aromatic rings. The molecule has 96 valence electrons. The van der Waals surface area contributed by atoms with Crippen molar-refractivity contribution in [3.05, 3.63) is 18.0 Å². The lowest BCUT2D eigenvalue weighted by Crippen LogP contribution is -2.39. The zero-order valence-electron chi connectivity index (χ0n) is 11.2. The maximum Gasteiger partial charge on any atom is 0.0521 e. The summed E-state index contributed by atoms with van der Waals surface area (Å²) in [4.78, 5) is 0. The van der Waals surface area contributed by atoms with E-state index in [0.29, 0.717) is 0 Å². The van der Waals surface area contributed by atoms with E-state index in [1.807, 2.05) is 10.9 Å². The molecule has 1 N–H and O–H groups in total. The van der Waals surface area contributed by atoms with Crippen molar-refractivity contribution in [3.63, 3.8) is 0 Å². The first-order chi connectivity index (χ1) is 8.33. The van der Waals surface area contributed by atoms with Crippen molar-refractivity contribution in [2.75, 3.05) is 6.54 Å². The van der Waals surface area contributed by atoms with Gasteiger partial charge in [-0.15, -0.1) is 0 Å².